The molecular formula is C12H21N3O. The molecule has 0 fully saturated rings. The fourth-order valence-corrected chi connectivity index (χ4v) is 1.54. The summed E-state index contributed by atoms with van der Waals surface area (Å²) in [6.07, 6.45) is 8.60. The van der Waals surface area contributed by atoms with Crippen LogP contribution in [0.25, 0.3) is 0 Å². The number of nitrogens with two attached hydrogens (primary N) is 1. The number of unbranched alkanes of at least 4 members (excludes halogenated alkanes) is 3. The Labute approximate surface area is 96.6 Å². The molecule has 4 N–H and O–H groups in total. The van der Waals surface area contributed by atoms with Gasteiger partial charge in [-0.3, -0.25) is 4.79 Å². The second-order valence-electron chi connectivity index (χ2n) is 3.95. The van der Waals surface area contributed by atoms with Crippen LogP contribution in [0.2, 0.25) is 0 Å². The lowest BCUT2D eigenvalue weighted by Crippen LogP contribution is -2.22. The van der Waals surface area contributed by atoms with Crippen LogP contribution in [0, 0.1) is 0 Å². The molecule has 0 aromatic carbocycles. The number of nitrogens with one attached hydrogen (secondary N) is 2. The van der Waals surface area contributed by atoms with Gasteiger partial charge in [-0.2, -0.15) is 0 Å². The Morgan fingerprint density at radius 2 is 2.12 bits per heavy atom. The Morgan fingerprint density at radius 3 is 2.81 bits per heavy atom. The summed E-state index contributed by atoms with van der Waals surface area (Å²) in [5, 5.41) is 2.89. The van der Waals surface area contributed by atoms with Crippen molar-refractivity contribution in [2.24, 2.45) is 5.73 Å². The molecule has 4 heteroatoms. The van der Waals surface area contributed by atoms with E-state index in [2.05, 4.69) is 10.3 Å². The van der Waals surface area contributed by atoms with Gasteiger partial charge in [-0.05, 0) is 31.0 Å². The fourth-order valence-electron chi connectivity index (χ4n) is 1.54. The second-order valence-corrected chi connectivity index (χ2v) is 3.95. The number of hydrogen-bond donors (Lipinski definition) is 3. The second kappa shape index (κ2) is 7.93. The lowest BCUT2D eigenvalue weighted by molar-refractivity contribution is -0.121. The first-order valence-electron chi connectivity index (χ1n) is 5.91. The van der Waals surface area contributed by atoms with Crippen LogP contribution < -0.4 is 11.1 Å². The van der Waals surface area contributed by atoms with Crippen molar-refractivity contribution in [3.63, 3.8) is 0 Å². The maximum Gasteiger partial charge on any atom is 0.220 e. The lowest BCUT2D eigenvalue weighted by atomic mass is 10.1. The predicted octanol–water partition coefficient (Wildman–Crippen LogP) is 1.54. The van der Waals surface area contributed by atoms with E-state index < -0.39 is 0 Å². The third kappa shape index (κ3) is 5.56. The van der Waals surface area contributed by atoms with Gasteiger partial charge in [0.05, 0.1) is 0 Å². The molecule has 0 unspecified atom stereocenters. The first-order chi connectivity index (χ1) is 7.83. The van der Waals surface area contributed by atoms with E-state index >= 15 is 0 Å². The molecule has 1 aromatic rings. The number of carbonyl (C=O) groups excluding carboxylic acids is 1. The molecule has 4 nitrogen and oxygen atoms in total. The van der Waals surface area contributed by atoms with Crippen LogP contribution in [-0.4, -0.2) is 17.4 Å². The summed E-state index contributed by atoms with van der Waals surface area (Å²) in [5.74, 6) is 0.133. The molecule has 0 bridgehead atoms. The highest BCUT2D eigenvalue weighted by Gasteiger charge is 2.00. The molecule has 1 amide bonds. The van der Waals surface area contributed by atoms with Crippen LogP contribution in [-0.2, 0) is 11.3 Å². The van der Waals surface area contributed by atoms with Gasteiger partial charge in [0.1, 0.15) is 0 Å². The Bertz CT molecular complexity index is 282. The minimum atomic E-state index is 0.133. The Balaban J connectivity index is 1.99. The number of H-pyrrole nitrogens is 1. The van der Waals surface area contributed by atoms with Gasteiger partial charge in [-0.15, -0.1) is 0 Å². The van der Waals surface area contributed by atoms with E-state index in [0.717, 1.165) is 37.8 Å². The van der Waals surface area contributed by atoms with Gasteiger partial charge < -0.3 is 16.0 Å². The van der Waals surface area contributed by atoms with E-state index in [9.17, 15) is 4.79 Å². The third-order valence-electron chi connectivity index (χ3n) is 2.51. The van der Waals surface area contributed by atoms with Crippen molar-refractivity contribution < 1.29 is 4.79 Å². The van der Waals surface area contributed by atoms with Crippen LogP contribution >= 0.6 is 0 Å². The van der Waals surface area contributed by atoms with Crippen molar-refractivity contribution in [3.05, 3.63) is 24.0 Å². The van der Waals surface area contributed by atoms with Gasteiger partial charge in [0, 0.05) is 25.4 Å². The fraction of sp³-hybridized carbons (Fsp3) is 0.583. The van der Waals surface area contributed by atoms with Crippen LogP contribution in [0.3, 0.4) is 0 Å². The Morgan fingerprint density at radius 1 is 1.31 bits per heavy atom. The van der Waals surface area contributed by atoms with Crippen LogP contribution in [0.15, 0.2) is 18.5 Å². The van der Waals surface area contributed by atoms with Crippen LogP contribution in [0.5, 0.6) is 0 Å². The molecule has 16 heavy (non-hydrogen) atoms. The van der Waals surface area contributed by atoms with Gasteiger partial charge in [0.25, 0.3) is 0 Å². The number of rotatable bonds is 8. The zero-order valence-electron chi connectivity index (χ0n) is 9.67. The van der Waals surface area contributed by atoms with Gasteiger partial charge in [0.15, 0.2) is 0 Å². The molecule has 0 spiro atoms. The highest BCUT2D eigenvalue weighted by atomic mass is 16.1. The van der Waals surface area contributed by atoms with Gasteiger partial charge in [-0.25, -0.2) is 0 Å². The van der Waals surface area contributed by atoms with E-state index in [1.807, 2.05) is 18.5 Å². The number of aromatic nitrogens is 1. The molecule has 90 valence electrons. The molecule has 0 aliphatic heterocycles. The zero-order valence-corrected chi connectivity index (χ0v) is 9.67. The number of hydrogen-bond acceptors (Lipinski definition) is 2. The highest BCUT2D eigenvalue weighted by molar-refractivity contribution is 5.75. The van der Waals surface area contributed by atoms with E-state index in [1.54, 1.807) is 0 Å². The Hall–Kier alpha value is -1.29. The molecule has 0 saturated heterocycles. The minimum absolute atomic E-state index is 0.133. The van der Waals surface area contributed by atoms with Crippen molar-refractivity contribution >= 4 is 5.91 Å². The smallest absolute Gasteiger partial charge is 0.220 e. The molecule has 0 aliphatic rings. The Kier molecular flexibility index (Phi) is 6.33. The summed E-state index contributed by atoms with van der Waals surface area (Å²) in [5.41, 5.74) is 6.50. The zero-order chi connectivity index (χ0) is 11.6. The maximum absolute atomic E-state index is 11.4. The van der Waals surface area contributed by atoms with Crippen LogP contribution in [0.1, 0.15) is 37.7 Å². The first-order valence-corrected chi connectivity index (χ1v) is 5.91. The standard InChI is InChI=1S/C12H21N3O/c13-7-4-2-1-3-5-12(16)15-10-11-6-8-14-9-11/h6,8-9,14H,1-5,7,10,13H2,(H,15,16). The minimum Gasteiger partial charge on any atom is -0.367 e. The predicted molar refractivity (Wildman–Crippen MR) is 64.8 cm³/mol. The number of aromatic amines is 1. The molecule has 0 aliphatic carbocycles. The molecular weight excluding hydrogens is 202 g/mol. The normalized spacial score (nSPS) is 10.3. The SMILES string of the molecule is NCCCCCCC(=O)NCc1cc[nH]c1. The van der Waals surface area contributed by atoms with Gasteiger partial charge >= 0.3 is 0 Å². The van der Waals surface area contributed by atoms with Crippen molar-refractivity contribution in [1.29, 1.82) is 0 Å². The largest absolute Gasteiger partial charge is 0.367 e. The molecule has 1 heterocycles. The van der Waals surface area contributed by atoms with E-state index in [0.29, 0.717) is 13.0 Å². The summed E-state index contributed by atoms with van der Waals surface area (Å²) in [4.78, 5) is 14.4. The summed E-state index contributed by atoms with van der Waals surface area (Å²) in [6, 6.07) is 1.96. The maximum atomic E-state index is 11.4. The van der Waals surface area contributed by atoms with E-state index in [4.69, 9.17) is 5.73 Å². The molecule has 0 saturated carbocycles. The quantitative estimate of drug-likeness (QED) is 0.585. The van der Waals surface area contributed by atoms with Crippen LogP contribution in [0.4, 0.5) is 0 Å². The topological polar surface area (TPSA) is 70.9 Å². The molecule has 0 atom stereocenters. The number of carbonyl (C=O) groups is 1. The van der Waals surface area contributed by atoms with Crippen molar-refractivity contribution in [1.82, 2.24) is 10.3 Å². The monoisotopic (exact) mass is 223 g/mol. The van der Waals surface area contributed by atoms with Crippen molar-refractivity contribution in [3.8, 4) is 0 Å². The highest BCUT2D eigenvalue weighted by Crippen LogP contribution is 2.02. The number of amides is 1. The summed E-state index contributed by atoms with van der Waals surface area (Å²) in [7, 11) is 0. The summed E-state index contributed by atoms with van der Waals surface area (Å²) < 4.78 is 0. The van der Waals surface area contributed by atoms with Crippen molar-refractivity contribution in [2.75, 3.05) is 6.54 Å². The molecule has 1 aromatic heterocycles. The molecule has 1 rings (SSSR count). The third-order valence-corrected chi connectivity index (χ3v) is 2.51. The lowest BCUT2D eigenvalue weighted by Gasteiger charge is -2.03. The van der Waals surface area contributed by atoms with E-state index in [1.165, 1.54) is 0 Å². The van der Waals surface area contributed by atoms with Crippen molar-refractivity contribution in [2.45, 2.75) is 38.6 Å². The summed E-state index contributed by atoms with van der Waals surface area (Å²) in [6.45, 7) is 1.37. The van der Waals surface area contributed by atoms with Gasteiger partial charge in [0.2, 0.25) is 5.91 Å². The molecule has 0 radical (unpaired) electrons. The van der Waals surface area contributed by atoms with Gasteiger partial charge in [-0.1, -0.05) is 12.8 Å². The average Bonchev–Trinajstić information content (AvgIpc) is 2.79. The van der Waals surface area contributed by atoms with E-state index in [-0.39, 0.29) is 5.91 Å². The average molecular weight is 223 g/mol. The first kappa shape index (κ1) is 12.8. The summed E-state index contributed by atoms with van der Waals surface area (Å²) >= 11 is 0.